The molecule has 23 heavy (non-hydrogen) atoms. The van der Waals surface area contributed by atoms with Crippen LogP contribution in [-0.2, 0) is 0 Å². The molecule has 4 rings (SSSR count). The number of hydrogen-bond acceptors (Lipinski definition) is 3. The molecule has 1 aromatic rings. The summed E-state index contributed by atoms with van der Waals surface area (Å²) in [5.74, 6) is 0. The maximum Gasteiger partial charge on any atom is 0.150 e. The Bertz CT molecular complexity index is 531. The van der Waals surface area contributed by atoms with Crippen LogP contribution in [0.4, 0.5) is 5.69 Å². The van der Waals surface area contributed by atoms with Crippen molar-refractivity contribution in [3.05, 3.63) is 29.8 Å². The highest BCUT2D eigenvalue weighted by Gasteiger charge is 2.39. The van der Waals surface area contributed by atoms with Crippen molar-refractivity contribution in [1.29, 1.82) is 0 Å². The van der Waals surface area contributed by atoms with Gasteiger partial charge in [0, 0.05) is 30.4 Å². The zero-order valence-corrected chi connectivity index (χ0v) is 14.0. The molecule has 3 aliphatic rings. The van der Waals surface area contributed by atoms with Gasteiger partial charge in [0.15, 0.2) is 0 Å². The van der Waals surface area contributed by atoms with E-state index in [1.807, 2.05) is 12.1 Å². The Morgan fingerprint density at radius 2 is 1.52 bits per heavy atom. The van der Waals surface area contributed by atoms with Crippen molar-refractivity contribution in [3.63, 3.8) is 0 Å². The van der Waals surface area contributed by atoms with E-state index in [9.17, 15) is 4.79 Å². The van der Waals surface area contributed by atoms with Crippen molar-refractivity contribution >= 4 is 12.0 Å². The van der Waals surface area contributed by atoms with Gasteiger partial charge in [0.25, 0.3) is 0 Å². The number of aldehydes is 1. The lowest BCUT2D eigenvalue weighted by atomic mass is 9.70. The number of piperidine rings is 2. The average Bonchev–Trinajstić information content (AvgIpc) is 2.56. The Morgan fingerprint density at radius 1 is 0.913 bits per heavy atom. The van der Waals surface area contributed by atoms with Crippen LogP contribution in [0.1, 0.15) is 55.3 Å². The summed E-state index contributed by atoms with van der Waals surface area (Å²) in [5.41, 5.74) is 2.65. The molecule has 2 aliphatic heterocycles. The SMILES string of the molecule is O=Cc1ccc(N2CCC3(CC2)CCN(C2CCC2)CC3)cc1. The first-order valence-electron chi connectivity index (χ1n) is 9.32. The van der Waals surface area contributed by atoms with Crippen molar-refractivity contribution in [3.8, 4) is 0 Å². The van der Waals surface area contributed by atoms with Gasteiger partial charge in [0.1, 0.15) is 6.29 Å². The fourth-order valence-corrected chi connectivity index (χ4v) is 4.62. The van der Waals surface area contributed by atoms with Crippen LogP contribution in [0.15, 0.2) is 24.3 Å². The maximum absolute atomic E-state index is 10.8. The summed E-state index contributed by atoms with van der Waals surface area (Å²) in [7, 11) is 0. The third kappa shape index (κ3) is 3.03. The highest BCUT2D eigenvalue weighted by molar-refractivity contribution is 5.75. The fraction of sp³-hybridized carbons (Fsp3) is 0.650. The molecule has 1 saturated carbocycles. The molecule has 3 nitrogen and oxygen atoms in total. The highest BCUT2D eigenvalue weighted by atomic mass is 16.1. The normalized spacial score (nSPS) is 25.3. The van der Waals surface area contributed by atoms with Gasteiger partial charge in [0.05, 0.1) is 0 Å². The summed E-state index contributed by atoms with van der Waals surface area (Å²) in [5, 5.41) is 0. The molecule has 0 aromatic heterocycles. The Hall–Kier alpha value is -1.35. The maximum atomic E-state index is 10.8. The molecule has 3 heteroatoms. The molecule has 2 heterocycles. The van der Waals surface area contributed by atoms with Gasteiger partial charge in [-0.2, -0.15) is 0 Å². The van der Waals surface area contributed by atoms with E-state index in [1.54, 1.807) is 0 Å². The van der Waals surface area contributed by atoms with E-state index >= 15 is 0 Å². The molecule has 3 fully saturated rings. The van der Waals surface area contributed by atoms with E-state index in [0.717, 1.165) is 17.9 Å². The second-order valence-corrected chi connectivity index (χ2v) is 7.82. The van der Waals surface area contributed by atoms with Crippen LogP contribution in [0, 0.1) is 5.41 Å². The molecule has 0 bridgehead atoms. The number of carbonyl (C=O) groups is 1. The summed E-state index contributed by atoms with van der Waals surface area (Å²) in [6.07, 6.45) is 10.7. The zero-order chi connectivity index (χ0) is 15.7. The molecule has 2 saturated heterocycles. The van der Waals surface area contributed by atoms with Gasteiger partial charge in [-0.25, -0.2) is 0 Å². The molecule has 0 radical (unpaired) electrons. The minimum Gasteiger partial charge on any atom is -0.371 e. The number of carbonyl (C=O) groups excluding carboxylic acids is 1. The molecule has 0 atom stereocenters. The van der Waals surface area contributed by atoms with Gasteiger partial charge in [-0.1, -0.05) is 6.42 Å². The van der Waals surface area contributed by atoms with Gasteiger partial charge in [-0.15, -0.1) is 0 Å². The molecule has 0 unspecified atom stereocenters. The standard InChI is InChI=1S/C20H28N2O/c23-16-17-4-6-19(7-5-17)22-14-10-20(11-15-22)8-12-21(13-9-20)18-2-1-3-18/h4-7,16,18H,1-3,8-15H2. The first-order chi connectivity index (χ1) is 11.3. The third-order valence-electron chi connectivity index (χ3n) is 6.67. The summed E-state index contributed by atoms with van der Waals surface area (Å²) in [4.78, 5) is 16.0. The average molecular weight is 312 g/mol. The quantitative estimate of drug-likeness (QED) is 0.795. The van der Waals surface area contributed by atoms with E-state index in [0.29, 0.717) is 5.41 Å². The third-order valence-corrected chi connectivity index (χ3v) is 6.67. The number of nitrogens with zero attached hydrogens (tertiary/aromatic N) is 2. The Labute approximate surface area is 139 Å². The fourth-order valence-electron chi connectivity index (χ4n) is 4.62. The topological polar surface area (TPSA) is 23.6 Å². The van der Waals surface area contributed by atoms with Crippen LogP contribution in [0.25, 0.3) is 0 Å². The van der Waals surface area contributed by atoms with E-state index < -0.39 is 0 Å². The van der Waals surface area contributed by atoms with E-state index in [4.69, 9.17) is 0 Å². The lowest BCUT2D eigenvalue weighted by Crippen LogP contribution is -2.50. The Balaban J connectivity index is 1.32. The smallest absolute Gasteiger partial charge is 0.150 e. The highest BCUT2D eigenvalue weighted by Crippen LogP contribution is 2.43. The first-order valence-corrected chi connectivity index (χ1v) is 9.32. The zero-order valence-electron chi connectivity index (χ0n) is 14.0. The summed E-state index contributed by atoms with van der Waals surface area (Å²) < 4.78 is 0. The lowest BCUT2D eigenvalue weighted by Gasteiger charge is -2.50. The van der Waals surface area contributed by atoms with Gasteiger partial charge in [-0.3, -0.25) is 4.79 Å². The van der Waals surface area contributed by atoms with Crippen LogP contribution >= 0.6 is 0 Å². The van der Waals surface area contributed by atoms with Gasteiger partial charge >= 0.3 is 0 Å². The number of rotatable bonds is 3. The van der Waals surface area contributed by atoms with Crippen LogP contribution in [0.2, 0.25) is 0 Å². The predicted molar refractivity (Wildman–Crippen MR) is 94.2 cm³/mol. The summed E-state index contributed by atoms with van der Waals surface area (Å²) in [6, 6.07) is 8.99. The molecule has 1 aliphatic carbocycles. The molecule has 1 aromatic carbocycles. The molecule has 0 N–H and O–H groups in total. The monoisotopic (exact) mass is 312 g/mol. The van der Waals surface area contributed by atoms with Crippen molar-refractivity contribution in [2.24, 2.45) is 5.41 Å². The Morgan fingerprint density at radius 3 is 2.04 bits per heavy atom. The molecular weight excluding hydrogens is 284 g/mol. The van der Waals surface area contributed by atoms with Crippen molar-refractivity contribution in [2.45, 2.75) is 51.0 Å². The van der Waals surface area contributed by atoms with Crippen molar-refractivity contribution in [2.75, 3.05) is 31.1 Å². The number of hydrogen-bond donors (Lipinski definition) is 0. The van der Waals surface area contributed by atoms with Gasteiger partial charge in [0.2, 0.25) is 0 Å². The van der Waals surface area contributed by atoms with Crippen LogP contribution in [-0.4, -0.2) is 43.4 Å². The minimum atomic E-state index is 0.611. The van der Waals surface area contributed by atoms with E-state index in [-0.39, 0.29) is 0 Å². The molecule has 1 spiro atoms. The van der Waals surface area contributed by atoms with E-state index in [1.165, 1.54) is 76.8 Å². The van der Waals surface area contributed by atoms with Crippen LogP contribution in [0.5, 0.6) is 0 Å². The van der Waals surface area contributed by atoms with Gasteiger partial charge < -0.3 is 9.80 Å². The number of likely N-dealkylation sites (tertiary alicyclic amines) is 1. The second-order valence-electron chi connectivity index (χ2n) is 7.82. The number of anilines is 1. The van der Waals surface area contributed by atoms with E-state index in [2.05, 4.69) is 21.9 Å². The molecular formula is C20H28N2O. The summed E-state index contributed by atoms with van der Waals surface area (Å²) in [6.45, 7) is 5.01. The second kappa shape index (κ2) is 6.27. The number of benzene rings is 1. The Kier molecular flexibility index (Phi) is 4.14. The van der Waals surface area contributed by atoms with Crippen molar-refractivity contribution < 1.29 is 4.79 Å². The first kappa shape index (κ1) is 15.2. The summed E-state index contributed by atoms with van der Waals surface area (Å²) >= 11 is 0. The van der Waals surface area contributed by atoms with Crippen molar-refractivity contribution in [1.82, 2.24) is 4.90 Å². The lowest BCUT2D eigenvalue weighted by molar-refractivity contribution is 0.0306. The molecule has 124 valence electrons. The van der Waals surface area contributed by atoms with Crippen LogP contribution in [0.3, 0.4) is 0 Å². The van der Waals surface area contributed by atoms with Crippen LogP contribution < -0.4 is 4.90 Å². The largest absolute Gasteiger partial charge is 0.371 e. The van der Waals surface area contributed by atoms with Gasteiger partial charge in [-0.05, 0) is 81.3 Å². The molecule has 0 amide bonds. The predicted octanol–water partition coefficient (Wildman–Crippen LogP) is 3.73. The minimum absolute atomic E-state index is 0.611.